The summed E-state index contributed by atoms with van der Waals surface area (Å²) in [5.41, 5.74) is 4.04. The number of hydrogen-bond acceptors (Lipinski definition) is 5. The Kier molecular flexibility index (Phi) is 6.08. The molecule has 0 spiro atoms. The summed E-state index contributed by atoms with van der Waals surface area (Å²) in [6.45, 7) is 4.13. The number of hydrogen-bond donors (Lipinski definition) is 1. The molecule has 30 heavy (non-hydrogen) atoms. The SMILES string of the molecule is Cc1ccc(C)c(COc2cc([N+](=O)[O-])ccc2NC(=O)c2ccc(C#N)cc2)c1. The molecule has 0 atom stereocenters. The van der Waals surface area contributed by atoms with Crippen LogP contribution in [0.15, 0.2) is 60.7 Å². The average Bonchev–Trinajstić information content (AvgIpc) is 2.75. The molecule has 3 aromatic rings. The second-order valence-corrected chi connectivity index (χ2v) is 6.80. The van der Waals surface area contributed by atoms with Gasteiger partial charge in [0, 0.05) is 11.6 Å². The van der Waals surface area contributed by atoms with Crippen molar-refractivity contribution in [2.24, 2.45) is 0 Å². The van der Waals surface area contributed by atoms with Gasteiger partial charge in [0.2, 0.25) is 0 Å². The summed E-state index contributed by atoms with van der Waals surface area (Å²) in [6.07, 6.45) is 0. The number of aryl methyl sites for hydroxylation is 2. The predicted molar refractivity (Wildman–Crippen MR) is 112 cm³/mol. The number of carbonyl (C=O) groups excluding carboxylic acids is 1. The van der Waals surface area contributed by atoms with Crippen molar-refractivity contribution < 1.29 is 14.5 Å². The lowest BCUT2D eigenvalue weighted by Crippen LogP contribution is -2.13. The first-order chi connectivity index (χ1) is 14.4. The van der Waals surface area contributed by atoms with Gasteiger partial charge in [-0.2, -0.15) is 5.26 Å². The van der Waals surface area contributed by atoms with Crippen LogP contribution in [0.1, 0.15) is 32.6 Å². The first kappa shape index (κ1) is 20.6. The van der Waals surface area contributed by atoms with Crippen LogP contribution < -0.4 is 10.1 Å². The van der Waals surface area contributed by atoms with Gasteiger partial charge in [0.1, 0.15) is 12.4 Å². The highest BCUT2D eigenvalue weighted by atomic mass is 16.6. The Morgan fingerprint density at radius 2 is 1.83 bits per heavy atom. The van der Waals surface area contributed by atoms with E-state index in [0.29, 0.717) is 16.8 Å². The highest BCUT2D eigenvalue weighted by molar-refractivity contribution is 6.05. The third kappa shape index (κ3) is 4.80. The molecule has 7 heteroatoms. The maximum atomic E-state index is 12.6. The number of nitrogens with zero attached hydrogens (tertiary/aromatic N) is 2. The first-order valence-corrected chi connectivity index (χ1v) is 9.16. The standard InChI is InChI=1S/C23H19N3O4/c1-15-3-4-16(2)19(11-15)14-30-22-12-20(26(28)29)9-10-21(22)25-23(27)18-7-5-17(13-24)6-8-18/h3-12H,14H2,1-2H3,(H,25,27). The number of nitro groups is 1. The molecule has 0 radical (unpaired) electrons. The van der Waals surface area contributed by atoms with Gasteiger partial charge < -0.3 is 10.1 Å². The van der Waals surface area contributed by atoms with Crippen molar-refractivity contribution in [2.75, 3.05) is 5.32 Å². The lowest BCUT2D eigenvalue weighted by atomic mass is 10.1. The number of nitro benzene ring substituents is 1. The second-order valence-electron chi connectivity index (χ2n) is 6.80. The number of amides is 1. The van der Waals surface area contributed by atoms with Crippen LogP contribution in [0.3, 0.4) is 0 Å². The Morgan fingerprint density at radius 3 is 2.50 bits per heavy atom. The van der Waals surface area contributed by atoms with Crippen molar-refractivity contribution in [1.29, 1.82) is 5.26 Å². The molecule has 0 fully saturated rings. The van der Waals surface area contributed by atoms with E-state index < -0.39 is 10.8 Å². The zero-order chi connectivity index (χ0) is 21.7. The first-order valence-electron chi connectivity index (χ1n) is 9.16. The average molecular weight is 401 g/mol. The normalized spacial score (nSPS) is 10.2. The summed E-state index contributed by atoms with van der Waals surface area (Å²) in [6, 6.07) is 18.2. The molecule has 0 heterocycles. The van der Waals surface area contributed by atoms with E-state index in [1.165, 1.54) is 30.3 Å². The predicted octanol–water partition coefficient (Wildman–Crippen LogP) is 4.91. The van der Waals surface area contributed by atoms with Crippen molar-refractivity contribution in [2.45, 2.75) is 20.5 Å². The van der Waals surface area contributed by atoms with Gasteiger partial charge in [-0.25, -0.2) is 0 Å². The molecule has 0 aliphatic carbocycles. The van der Waals surface area contributed by atoms with Crippen LogP contribution in [0.25, 0.3) is 0 Å². The van der Waals surface area contributed by atoms with E-state index in [9.17, 15) is 14.9 Å². The molecule has 0 bridgehead atoms. The molecule has 1 amide bonds. The van der Waals surface area contributed by atoms with Gasteiger partial charge in [-0.1, -0.05) is 23.8 Å². The third-order valence-electron chi connectivity index (χ3n) is 4.59. The smallest absolute Gasteiger partial charge is 0.273 e. The van der Waals surface area contributed by atoms with E-state index in [1.54, 1.807) is 12.1 Å². The molecule has 0 saturated carbocycles. The molecule has 3 rings (SSSR count). The lowest BCUT2D eigenvalue weighted by molar-refractivity contribution is -0.384. The Morgan fingerprint density at radius 1 is 1.10 bits per heavy atom. The number of anilines is 1. The van der Waals surface area contributed by atoms with E-state index in [1.807, 2.05) is 38.1 Å². The van der Waals surface area contributed by atoms with Crippen LogP contribution in [0.2, 0.25) is 0 Å². The van der Waals surface area contributed by atoms with E-state index in [-0.39, 0.29) is 18.0 Å². The van der Waals surface area contributed by atoms with Crippen LogP contribution in [0.5, 0.6) is 5.75 Å². The molecule has 1 N–H and O–H groups in total. The maximum absolute atomic E-state index is 12.6. The van der Waals surface area contributed by atoms with Crippen LogP contribution in [-0.4, -0.2) is 10.8 Å². The highest BCUT2D eigenvalue weighted by Crippen LogP contribution is 2.31. The molecular weight excluding hydrogens is 382 g/mol. The zero-order valence-electron chi connectivity index (χ0n) is 16.5. The van der Waals surface area contributed by atoms with Gasteiger partial charge >= 0.3 is 0 Å². The molecular formula is C23H19N3O4. The summed E-state index contributed by atoms with van der Waals surface area (Å²) < 4.78 is 5.86. The Balaban J connectivity index is 1.86. The second kappa shape index (κ2) is 8.88. The quantitative estimate of drug-likeness (QED) is 0.466. The van der Waals surface area contributed by atoms with Gasteiger partial charge in [0.05, 0.1) is 28.3 Å². The fourth-order valence-electron chi connectivity index (χ4n) is 2.85. The van der Waals surface area contributed by atoms with E-state index in [0.717, 1.165) is 16.7 Å². The van der Waals surface area contributed by atoms with Crippen molar-refractivity contribution in [3.63, 3.8) is 0 Å². The molecule has 0 aromatic heterocycles. The van der Waals surface area contributed by atoms with E-state index in [2.05, 4.69) is 5.32 Å². The highest BCUT2D eigenvalue weighted by Gasteiger charge is 2.15. The topological polar surface area (TPSA) is 105 Å². The molecule has 3 aromatic carbocycles. The van der Waals surface area contributed by atoms with Gasteiger partial charge in [-0.3, -0.25) is 14.9 Å². The molecule has 150 valence electrons. The number of benzene rings is 3. The fraction of sp³-hybridized carbons (Fsp3) is 0.130. The number of non-ortho nitro benzene ring substituents is 1. The van der Waals surface area contributed by atoms with Crippen molar-refractivity contribution in [3.8, 4) is 11.8 Å². The van der Waals surface area contributed by atoms with Gasteiger partial charge in [0.25, 0.3) is 11.6 Å². The lowest BCUT2D eigenvalue weighted by Gasteiger charge is -2.14. The number of nitrogens with one attached hydrogen (secondary N) is 1. The maximum Gasteiger partial charge on any atom is 0.273 e. The minimum atomic E-state index is -0.517. The molecule has 0 aliphatic rings. The molecule has 0 aliphatic heterocycles. The van der Waals surface area contributed by atoms with Crippen molar-refractivity contribution in [3.05, 3.63) is 98.6 Å². The number of rotatable bonds is 6. The molecule has 0 saturated heterocycles. The van der Waals surface area contributed by atoms with Crippen molar-refractivity contribution in [1.82, 2.24) is 0 Å². The molecule has 0 unspecified atom stereocenters. The van der Waals surface area contributed by atoms with Crippen LogP contribution in [-0.2, 0) is 6.61 Å². The molecule has 7 nitrogen and oxygen atoms in total. The Labute approximate surface area is 173 Å². The monoisotopic (exact) mass is 401 g/mol. The van der Waals surface area contributed by atoms with Gasteiger partial charge in [-0.05, 0) is 55.3 Å². The number of nitriles is 1. The van der Waals surface area contributed by atoms with Crippen LogP contribution >= 0.6 is 0 Å². The van der Waals surface area contributed by atoms with Crippen LogP contribution in [0.4, 0.5) is 11.4 Å². The summed E-state index contributed by atoms with van der Waals surface area (Å²) in [4.78, 5) is 23.2. The Bertz CT molecular complexity index is 1150. The van der Waals surface area contributed by atoms with E-state index >= 15 is 0 Å². The number of carbonyl (C=O) groups is 1. The van der Waals surface area contributed by atoms with E-state index in [4.69, 9.17) is 10.00 Å². The Hall–Kier alpha value is -4.18. The largest absolute Gasteiger partial charge is 0.486 e. The summed E-state index contributed by atoms with van der Waals surface area (Å²) in [7, 11) is 0. The number of ether oxygens (including phenoxy) is 1. The fourth-order valence-corrected chi connectivity index (χ4v) is 2.85. The summed E-state index contributed by atoms with van der Waals surface area (Å²) in [5, 5.41) is 22.8. The van der Waals surface area contributed by atoms with Crippen molar-refractivity contribution >= 4 is 17.3 Å². The summed E-state index contributed by atoms with van der Waals surface area (Å²) in [5.74, 6) is -0.211. The minimum absolute atomic E-state index is 0.137. The van der Waals surface area contributed by atoms with Gasteiger partial charge in [-0.15, -0.1) is 0 Å². The summed E-state index contributed by atoms with van der Waals surface area (Å²) >= 11 is 0. The van der Waals surface area contributed by atoms with Crippen LogP contribution in [0, 0.1) is 35.3 Å². The third-order valence-corrected chi connectivity index (χ3v) is 4.59. The minimum Gasteiger partial charge on any atom is -0.486 e. The zero-order valence-corrected chi connectivity index (χ0v) is 16.5. The van der Waals surface area contributed by atoms with Gasteiger partial charge in [0.15, 0.2) is 0 Å².